The zero-order chi connectivity index (χ0) is 13.9. The molecule has 3 rings (SSSR count). The van der Waals surface area contributed by atoms with Gasteiger partial charge in [-0.25, -0.2) is 4.98 Å². The van der Waals surface area contributed by atoms with Gasteiger partial charge in [0, 0.05) is 21.2 Å². The Morgan fingerprint density at radius 1 is 1.40 bits per heavy atom. The van der Waals surface area contributed by atoms with E-state index in [0.717, 1.165) is 27.7 Å². The fraction of sp³-hybridized carbons (Fsp3) is 0.214. The van der Waals surface area contributed by atoms with Crippen molar-refractivity contribution in [3.8, 4) is 5.75 Å². The van der Waals surface area contributed by atoms with Crippen molar-refractivity contribution < 1.29 is 4.74 Å². The number of rotatable bonds is 5. The molecule has 6 heteroatoms. The molecule has 104 valence electrons. The second-order valence-corrected chi connectivity index (χ2v) is 6.95. The Balaban J connectivity index is 1.77. The third-order valence-electron chi connectivity index (χ3n) is 2.77. The maximum Gasteiger partial charge on any atom is 0.166 e. The van der Waals surface area contributed by atoms with Crippen LogP contribution in [0, 0.1) is 0 Å². The van der Waals surface area contributed by atoms with Crippen LogP contribution in [0.15, 0.2) is 39.3 Å². The van der Waals surface area contributed by atoms with E-state index in [-0.39, 0.29) is 0 Å². The smallest absolute Gasteiger partial charge is 0.166 e. The number of thioether (sulfide) groups is 1. The Morgan fingerprint density at radius 2 is 2.30 bits per heavy atom. The lowest BCUT2D eigenvalue weighted by Gasteiger charge is -2.00. The first kappa shape index (κ1) is 14.0. The average Bonchev–Trinajstić information content (AvgIpc) is 3.02. The summed E-state index contributed by atoms with van der Waals surface area (Å²) < 4.78 is 6.67. The molecule has 2 heterocycles. The number of halogens is 1. The molecule has 1 N–H and O–H groups in total. The van der Waals surface area contributed by atoms with E-state index in [9.17, 15) is 0 Å². The number of H-pyrrole nitrogens is 1. The molecule has 0 radical (unpaired) electrons. The molecule has 0 aliphatic rings. The van der Waals surface area contributed by atoms with Crippen LogP contribution in [-0.2, 0) is 5.75 Å². The lowest BCUT2D eigenvalue weighted by atomic mass is 10.3. The molecule has 0 aliphatic heterocycles. The van der Waals surface area contributed by atoms with Crippen molar-refractivity contribution in [1.82, 2.24) is 9.97 Å². The van der Waals surface area contributed by atoms with Crippen molar-refractivity contribution in [1.29, 1.82) is 0 Å². The quantitative estimate of drug-likeness (QED) is 0.638. The molecule has 0 aliphatic carbocycles. The minimum atomic E-state index is 0.674. The van der Waals surface area contributed by atoms with Crippen LogP contribution in [0.4, 0.5) is 0 Å². The molecule has 2 aromatic heterocycles. The molecule has 0 saturated carbocycles. The highest BCUT2D eigenvalue weighted by Crippen LogP contribution is 2.30. The molecule has 0 saturated heterocycles. The van der Waals surface area contributed by atoms with Crippen LogP contribution >= 0.6 is 39.0 Å². The number of hydrogen-bond donors (Lipinski definition) is 1. The van der Waals surface area contributed by atoms with E-state index in [1.807, 2.05) is 25.1 Å². The summed E-state index contributed by atoms with van der Waals surface area (Å²) in [6.45, 7) is 2.66. The van der Waals surface area contributed by atoms with Gasteiger partial charge < -0.3 is 9.72 Å². The summed E-state index contributed by atoms with van der Waals surface area (Å²) in [4.78, 5) is 9.25. The molecular formula is C14H13BrN2OS2. The largest absolute Gasteiger partial charge is 0.494 e. The van der Waals surface area contributed by atoms with Crippen molar-refractivity contribution in [3.63, 3.8) is 0 Å². The van der Waals surface area contributed by atoms with Crippen LogP contribution in [0.1, 0.15) is 11.8 Å². The molecule has 0 spiro atoms. The number of thiophene rings is 1. The monoisotopic (exact) mass is 368 g/mol. The van der Waals surface area contributed by atoms with Gasteiger partial charge in [0.1, 0.15) is 5.75 Å². The molecular weight excluding hydrogens is 356 g/mol. The number of aromatic amines is 1. The zero-order valence-electron chi connectivity index (χ0n) is 10.9. The predicted molar refractivity (Wildman–Crippen MR) is 88.8 cm³/mol. The van der Waals surface area contributed by atoms with Gasteiger partial charge in [-0.05, 0) is 46.4 Å². The Hall–Kier alpha value is -0.980. The van der Waals surface area contributed by atoms with Gasteiger partial charge in [-0.1, -0.05) is 11.8 Å². The third kappa shape index (κ3) is 3.02. The Kier molecular flexibility index (Phi) is 4.33. The molecule has 20 heavy (non-hydrogen) atoms. The average molecular weight is 369 g/mol. The molecule has 3 nitrogen and oxygen atoms in total. The fourth-order valence-corrected chi connectivity index (χ4v) is 4.53. The van der Waals surface area contributed by atoms with Gasteiger partial charge >= 0.3 is 0 Å². The maximum absolute atomic E-state index is 5.50. The standard InChI is InChI=1S/C14H13BrN2OS2/c1-2-18-9-3-4-11-12(7-9)17-14(16-11)20-8-13-10(15)5-6-19-13/h3-7H,2,8H2,1H3,(H,16,17). The van der Waals surface area contributed by atoms with Crippen molar-refractivity contribution in [3.05, 3.63) is 39.0 Å². The normalized spacial score (nSPS) is 11.1. The minimum absolute atomic E-state index is 0.674. The highest BCUT2D eigenvalue weighted by atomic mass is 79.9. The van der Waals surface area contributed by atoms with Crippen LogP contribution in [0.5, 0.6) is 5.75 Å². The summed E-state index contributed by atoms with van der Waals surface area (Å²) in [5.74, 6) is 1.79. The van der Waals surface area contributed by atoms with Gasteiger partial charge in [-0.15, -0.1) is 11.3 Å². The number of nitrogens with zero attached hydrogens (tertiary/aromatic N) is 1. The number of nitrogens with one attached hydrogen (secondary N) is 1. The first-order chi connectivity index (χ1) is 9.76. The SMILES string of the molecule is CCOc1ccc2nc(SCc3sccc3Br)[nH]c2c1. The van der Waals surface area contributed by atoms with Gasteiger partial charge in [0.15, 0.2) is 5.16 Å². The molecule has 0 atom stereocenters. The first-order valence-corrected chi connectivity index (χ1v) is 8.89. The van der Waals surface area contributed by atoms with Gasteiger partial charge in [-0.2, -0.15) is 0 Å². The zero-order valence-corrected chi connectivity index (χ0v) is 14.1. The summed E-state index contributed by atoms with van der Waals surface area (Å²) in [5.41, 5.74) is 1.99. The molecule has 0 fully saturated rings. The van der Waals surface area contributed by atoms with Gasteiger partial charge in [-0.3, -0.25) is 0 Å². The predicted octanol–water partition coefficient (Wildman–Crippen LogP) is 5.08. The number of ether oxygens (including phenoxy) is 1. The van der Waals surface area contributed by atoms with Crippen LogP contribution in [-0.4, -0.2) is 16.6 Å². The maximum atomic E-state index is 5.50. The van der Waals surface area contributed by atoms with Crippen molar-refractivity contribution in [2.24, 2.45) is 0 Å². The van der Waals surface area contributed by atoms with Crippen molar-refractivity contribution >= 4 is 50.1 Å². The van der Waals surface area contributed by atoms with E-state index in [2.05, 4.69) is 37.3 Å². The van der Waals surface area contributed by atoms with Crippen LogP contribution in [0.3, 0.4) is 0 Å². The van der Waals surface area contributed by atoms with Crippen LogP contribution in [0.2, 0.25) is 0 Å². The second kappa shape index (κ2) is 6.20. The van der Waals surface area contributed by atoms with E-state index >= 15 is 0 Å². The molecule has 3 aromatic rings. The van der Waals surface area contributed by atoms with Crippen LogP contribution in [0.25, 0.3) is 11.0 Å². The number of hydrogen-bond acceptors (Lipinski definition) is 4. The van der Waals surface area contributed by atoms with Crippen molar-refractivity contribution in [2.75, 3.05) is 6.61 Å². The fourth-order valence-electron chi connectivity index (χ4n) is 1.85. The molecule has 0 unspecified atom stereocenters. The second-order valence-electron chi connectivity index (χ2n) is 4.13. The van der Waals surface area contributed by atoms with E-state index in [1.165, 1.54) is 9.35 Å². The Labute approximate surface area is 133 Å². The first-order valence-electron chi connectivity index (χ1n) is 6.23. The van der Waals surface area contributed by atoms with E-state index in [0.29, 0.717) is 6.61 Å². The summed E-state index contributed by atoms with van der Waals surface area (Å²) >= 11 is 7.02. The van der Waals surface area contributed by atoms with Gasteiger partial charge in [0.25, 0.3) is 0 Å². The number of imidazole rings is 1. The summed E-state index contributed by atoms with van der Waals surface area (Å²) in [6.07, 6.45) is 0. The summed E-state index contributed by atoms with van der Waals surface area (Å²) in [5, 5.41) is 3.03. The highest BCUT2D eigenvalue weighted by molar-refractivity contribution is 9.10. The number of aromatic nitrogens is 2. The van der Waals surface area contributed by atoms with Crippen molar-refractivity contribution in [2.45, 2.75) is 17.8 Å². The molecule has 1 aromatic carbocycles. The molecule has 0 amide bonds. The Morgan fingerprint density at radius 3 is 3.05 bits per heavy atom. The lowest BCUT2D eigenvalue weighted by Crippen LogP contribution is -1.90. The van der Waals surface area contributed by atoms with E-state index in [1.54, 1.807) is 23.1 Å². The third-order valence-corrected chi connectivity index (χ3v) is 5.78. The summed E-state index contributed by atoms with van der Waals surface area (Å²) in [7, 11) is 0. The van der Waals surface area contributed by atoms with Crippen LogP contribution < -0.4 is 4.74 Å². The summed E-state index contributed by atoms with van der Waals surface area (Å²) in [6, 6.07) is 8.02. The Bertz CT molecular complexity index is 723. The number of benzene rings is 1. The van der Waals surface area contributed by atoms with Gasteiger partial charge in [0.2, 0.25) is 0 Å². The topological polar surface area (TPSA) is 37.9 Å². The van der Waals surface area contributed by atoms with Gasteiger partial charge in [0.05, 0.1) is 17.6 Å². The lowest BCUT2D eigenvalue weighted by molar-refractivity contribution is 0.340. The van der Waals surface area contributed by atoms with E-state index < -0.39 is 0 Å². The number of fused-ring (bicyclic) bond motifs is 1. The van der Waals surface area contributed by atoms with E-state index in [4.69, 9.17) is 4.74 Å². The minimum Gasteiger partial charge on any atom is -0.494 e. The highest BCUT2D eigenvalue weighted by Gasteiger charge is 2.07. The molecule has 0 bridgehead atoms.